The fourth-order valence-corrected chi connectivity index (χ4v) is 0. The Bertz CT molecular complexity index is 35.9. The summed E-state index contributed by atoms with van der Waals surface area (Å²) in [5.41, 5.74) is 0. The largest absolute Gasteiger partial charge is 0.328 e. The first-order valence-corrected chi connectivity index (χ1v) is 0.565. The topological polar surface area (TPSA) is 63.4 Å². The highest BCUT2D eigenvalue weighted by molar-refractivity contribution is 5.85. The molecule has 0 rings (SSSR count). The molecule has 1 N–H and O–H groups in total. The zero-order valence-corrected chi connectivity index (χ0v) is 2.94. The van der Waals surface area contributed by atoms with Gasteiger partial charge < -0.3 is 5.21 Å². The molecule has 0 aromatic heterocycles. The molecule has 0 heterocycles. The second-order valence-corrected chi connectivity index (χ2v) is 0.238. The Morgan fingerprint density at radius 2 is 1.43 bits per heavy atom. The van der Waals surface area contributed by atoms with Crippen molar-refractivity contribution >= 4 is 47.1 Å². The molecule has 0 aliphatic heterocycles. The van der Waals surface area contributed by atoms with Crippen molar-refractivity contribution in [2.75, 3.05) is 0 Å². The fraction of sp³-hybridized carbons (Fsp3) is 0. The van der Waals surface area contributed by atoms with E-state index in [1.54, 1.807) is 0 Å². The van der Waals surface area contributed by atoms with Crippen LogP contribution < -0.4 is 0 Å². The molecule has 0 radical (unpaired) electrons. The molecule has 7 heteroatoms. The summed E-state index contributed by atoms with van der Waals surface area (Å²) in [6, 6.07) is 0. The molecule has 0 saturated carbocycles. The molecule has 0 atom stereocenters. The Labute approximate surface area is 67.7 Å². The van der Waals surface area contributed by atoms with Crippen LogP contribution in [0.2, 0.25) is 0 Å². The summed E-state index contributed by atoms with van der Waals surface area (Å²) in [5.74, 6) is 0. The van der Waals surface area contributed by atoms with Crippen LogP contribution in [0.15, 0.2) is 0 Å². The van der Waals surface area contributed by atoms with Crippen molar-refractivity contribution in [1.82, 2.24) is 0 Å². The predicted molar refractivity (Wildman–Crippen MR) is 35.9 cm³/mol. The van der Waals surface area contributed by atoms with E-state index in [4.69, 9.17) is 15.3 Å². The Balaban J connectivity index is -0.0000000150. The maximum absolute atomic E-state index is 8.36. The summed E-state index contributed by atoms with van der Waals surface area (Å²) in [7, 11) is 0. The van der Waals surface area contributed by atoms with Gasteiger partial charge in [0.15, 0.2) is 34.7 Å². The van der Waals surface area contributed by atoms with Crippen molar-refractivity contribution in [2.45, 2.75) is 0 Å². The average molecular weight is 159 g/mol. The number of hydrogen-bond donors (Lipinski definition) is 1. The van der Waals surface area contributed by atoms with Crippen molar-refractivity contribution in [2.24, 2.45) is 0 Å². The molecule has 0 aromatic rings. The van der Waals surface area contributed by atoms with E-state index in [1.807, 2.05) is 0 Å². The lowest BCUT2D eigenvalue weighted by Gasteiger charge is -1.56. The predicted octanol–water partition coefficient (Wildman–Crippen LogP) is -2.29. The maximum atomic E-state index is 8.36. The molecule has 0 unspecified atom stereocenters. The molecule has 0 saturated heterocycles. The number of hydrogen-bond acceptors (Lipinski definition) is 2. The number of nitrogens with zero attached hydrogens (tertiary/aromatic N) is 1. The molecule has 44 valence electrons. The van der Waals surface area contributed by atoms with Gasteiger partial charge in [-0.15, -0.1) is 22.5 Å². The van der Waals surface area contributed by atoms with Crippen LogP contribution in [0.3, 0.4) is 0 Å². The molecule has 0 fully saturated rings. The quantitative estimate of drug-likeness (QED) is 0.246. The van der Waals surface area contributed by atoms with Gasteiger partial charge in [0.2, 0.25) is 0 Å². The average Bonchev–Trinajstić information content (AvgIpc) is 0.811. The van der Waals surface area contributed by atoms with Crippen molar-refractivity contribution < 1.29 is 10.3 Å². The van der Waals surface area contributed by atoms with E-state index < -0.39 is 5.09 Å². The lowest BCUT2D eigenvalue weighted by molar-refractivity contribution is -0.742. The van der Waals surface area contributed by atoms with Crippen LogP contribution in [-0.4, -0.2) is 45.0 Å². The summed E-state index contributed by atoms with van der Waals surface area (Å²) < 4.78 is 0. The lowest BCUT2D eigenvalue weighted by Crippen LogP contribution is -1.81. The van der Waals surface area contributed by atoms with Crippen LogP contribution in [0.4, 0.5) is 0 Å². The smallest absolute Gasteiger partial charge is 0.291 e. The summed E-state index contributed by atoms with van der Waals surface area (Å²) in [6.45, 7) is 0. The van der Waals surface area contributed by atoms with Gasteiger partial charge in [-0.3, -0.25) is 0 Å². The van der Waals surface area contributed by atoms with Gasteiger partial charge in [0.05, 0.1) is 0 Å². The van der Waals surface area contributed by atoms with Crippen molar-refractivity contribution in [3.05, 3.63) is 10.1 Å². The second kappa shape index (κ2) is 16.0. The third-order valence-electron chi connectivity index (χ3n) is 0. The van der Waals surface area contributed by atoms with Crippen LogP contribution in [0.5, 0.6) is 0 Å². The van der Waals surface area contributed by atoms with E-state index in [9.17, 15) is 0 Å². The van der Waals surface area contributed by atoms with Crippen LogP contribution in [-0.2, 0) is 0 Å². The zero-order valence-electron chi connectivity index (χ0n) is 2.12. The van der Waals surface area contributed by atoms with Crippen LogP contribution in [0, 0.1) is 10.1 Å². The van der Waals surface area contributed by atoms with Crippen molar-refractivity contribution in [3.8, 4) is 0 Å². The van der Waals surface area contributed by atoms with Crippen molar-refractivity contribution in [3.63, 3.8) is 0 Å². The minimum absolute atomic E-state index is 0. The highest BCUT2D eigenvalue weighted by atomic mass is 35.5. The molecule has 0 bridgehead atoms. The van der Waals surface area contributed by atoms with Gasteiger partial charge >= 0.3 is 0 Å². The maximum Gasteiger partial charge on any atom is 0.291 e. The summed E-state index contributed by atoms with van der Waals surface area (Å²) in [6.07, 6.45) is 0. The Kier molecular flexibility index (Phi) is 58.7. The summed E-state index contributed by atoms with van der Waals surface area (Å²) >= 11 is 0. The van der Waals surface area contributed by atoms with Gasteiger partial charge in [0, 0.05) is 0 Å². The normalized spacial score (nSPS) is 3.43. The van der Waals surface area contributed by atoms with Crippen LogP contribution in [0.1, 0.15) is 0 Å². The summed E-state index contributed by atoms with van der Waals surface area (Å²) in [4.78, 5) is 8.36. The first-order chi connectivity index (χ1) is 1.73. The van der Waals surface area contributed by atoms with Gasteiger partial charge in [-0.1, -0.05) is 0 Å². The Morgan fingerprint density at radius 1 is 1.43 bits per heavy atom. The van der Waals surface area contributed by atoms with E-state index in [2.05, 4.69) is 0 Å². The SMILES string of the molecule is Cl.O=[N+]([O-])O.[AlH3].[AlH3]. The number of rotatable bonds is 0. The monoisotopic (exact) mass is 159 g/mol. The van der Waals surface area contributed by atoms with Gasteiger partial charge in [-0.25, -0.2) is 0 Å². The molecule has 0 amide bonds. The molecule has 4 nitrogen and oxygen atoms in total. The zero-order chi connectivity index (χ0) is 3.58. The fourth-order valence-electron chi connectivity index (χ4n) is 0. The first kappa shape index (κ1) is 25.7. The van der Waals surface area contributed by atoms with Crippen molar-refractivity contribution in [1.29, 1.82) is 0 Å². The van der Waals surface area contributed by atoms with E-state index >= 15 is 0 Å². The molecule has 0 aromatic carbocycles. The van der Waals surface area contributed by atoms with Gasteiger partial charge in [0.25, 0.3) is 5.09 Å². The molecule has 0 aliphatic rings. The molecule has 0 spiro atoms. The third-order valence-corrected chi connectivity index (χ3v) is 0. The first-order valence-electron chi connectivity index (χ1n) is 0.565. The van der Waals surface area contributed by atoms with E-state index in [-0.39, 0.29) is 47.1 Å². The molecular weight excluding hydrogens is 151 g/mol. The third kappa shape index (κ3) is 442. The van der Waals surface area contributed by atoms with E-state index in [1.165, 1.54) is 0 Å². The highest BCUT2D eigenvalue weighted by Crippen LogP contribution is 1.38. The standard InChI is InChI=1S/2Al.ClH.HNO3.6H/c;;;2-1(3)4;;;;;;/h;;1H;(H,2,3,4);;;;;;. The molecule has 7 heavy (non-hydrogen) atoms. The minimum Gasteiger partial charge on any atom is -0.328 e. The van der Waals surface area contributed by atoms with Gasteiger partial charge in [0.1, 0.15) is 0 Å². The molecular formula is H8Al2ClNO3. The lowest BCUT2D eigenvalue weighted by atomic mass is 13.1. The molecule has 0 aliphatic carbocycles. The number of halogens is 1. The van der Waals surface area contributed by atoms with Gasteiger partial charge in [-0.2, -0.15) is 0 Å². The van der Waals surface area contributed by atoms with Crippen LogP contribution in [0.25, 0.3) is 0 Å². The van der Waals surface area contributed by atoms with Gasteiger partial charge in [-0.05, 0) is 0 Å². The van der Waals surface area contributed by atoms with E-state index in [0.717, 1.165) is 0 Å². The Morgan fingerprint density at radius 3 is 1.43 bits per heavy atom. The summed E-state index contributed by atoms with van der Waals surface area (Å²) in [5, 5.41) is 13.6. The van der Waals surface area contributed by atoms with Crippen LogP contribution >= 0.6 is 12.4 Å². The second-order valence-electron chi connectivity index (χ2n) is 0.238. The van der Waals surface area contributed by atoms with E-state index in [0.29, 0.717) is 0 Å². The Hall–Kier alpha value is 0.555. The minimum atomic E-state index is -1.50. The highest BCUT2D eigenvalue weighted by Gasteiger charge is 1.65.